The van der Waals surface area contributed by atoms with Gasteiger partial charge in [-0.3, -0.25) is 4.79 Å². The predicted octanol–water partition coefficient (Wildman–Crippen LogP) is 3.32. The van der Waals surface area contributed by atoms with E-state index >= 15 is 0 Å². The summed E-state index contributed by atoms with van der Waals surface area (Å²) in [6, 6.07) is 16.6. The smallest absolute Gasteiger partial charge is 0.226 e. The van der Waals surface area contributed by atoms with Gasteiger partial charge in [-0.15, -0.1) is 0 Å². The van der Waals surface area contributed by atoms with Crippen molar-refractivity contribution in [2.24, 2.45) is 11.8 Å². The van der Waals surface area contributed by atoms with Crippen molar-refractivity contribution in [2.45, 2.75) is 25.7 Å². The number of carbonyl (C=O) groups is 1. The van der Waals surface area contributed by atoms with E-state index in [1.165, 1.54) is 24.8 Å². The summed E-state index contributed by atoms with van der Waals surface area (Å²) in [6.45, 7) is 4.29. The number of hydrogen-bond acceptors (Lipinski definition) is 4. The summed E-state index contributed by atoms with van der Waals surface area (Å²) in [7, 11) is 1.65. The predicted molar refractivity (Wildman–Crippen MR) is 118 cm³/mol. The van der Waals surface area contributed by atoms with Gasteiger partial charge in [0.05, 0.1) is 13.0 Å². The van der Waals surface area contributed by atoms with Gasteiger partial charge in [-0.1, -0.05) is 30.3 Å². The van der Waals surface area contributed by atoms with Crippen molar-refractivity contribution >= 4 is 5.91 Å². The number of methoxy groups -OCH3 is 1. The van der Waals surface area contributed by atoms with Crippen molar-refractivity contribution in [3.63, 3.8) is 0 Å². The minimum atomic E-state index is -0.138. The average Bonchev–Trinajstić information content (AvgIpc) is 2.80. The molecule has 2 aliphatic rings. The lowest BCUT2D eigenvalue weighted by Gasteiger charge is -2.32. The molecule has 1 amide bonds. The molecular formula is C25H32N2O3. The Hall–Kier alpha value is -2.53. The summed E-state index contributed by atoms with van der Waals surface area (Å²) >= 11 is 0. The van der Waals surface area contributed by atoms with Gasteiger partial charge in [0.15, 0.2) is 0 Å². The Morgan fingerprint density at radius 1 is 1.17 bits per heavy atom. The number of benzene rings is 2. The summed E-state index contributed by atoms with van der Waals surface area (Å²) in [4.78, 5) is 15.1. The van der Waals surface area contributed by atoms with Crippen LogP contribution < -0.4 is 14.8 Å². The summed E-state index contributed by atoms with van der Waals surface area (Å²) in [6.07, 6.45) is 4.35. The second-order valence-corrected chi connectivity index (χ2v) is 8.45. The zero-order chi connectivity index (χ0) is 20.8. The topological polar surface area (TPSA) is 50.8 Å². The fourth-order valence-electron chi connectivity index (χ4n) is 4.51. The fraction of sp³-hybridized carbons (Fsp3) is 0.480. The van der Waals surface area contributed by atoms with Crippen molar-refractivity contribution in [1.82, 2.24) is 10.2 Å². The highest BCUT2D eigenvalue weighted by Gasteiger charge is 2.26. The van der Waals surface area contributed by atoms with Gasteiger partial charge in [0.2, 0.25) is 5.91 Å². The first-order chi connectivity index (χ1) is 14.7. The monoisotopic (exact) mass is 408 g/mol. The zero-order valence-electron chi connectivity index (χ0n) is 17.8. The van der Waals surface area contributed by atoms with Crippen LogP contribution in [0.5, 0.6) is 11.5 Å². The van der Waals surface area contributed by atoms with Crippen LogP contribution >= 0.6 is 0 Å². The van der Waals surface area contributed by atoms with E-state index in [0.717, 1.165) is 42.6 Å². The Labute approximate surface area is 179 Å². The van der Waals surface area contributed by atoms with Crippen LogP contribution in [0, 0.1) is 11.8 Å². The Bertz CT molecular complexity index is 832. The molecule has 0 bridgehead atoms. The second kappa shape index (κ2) is 9.98. The van der Waals surface area contributed by atoms with Gasteiger partial charge in [0.25, 0.3) is 0 Å². The van der Waals surface area contributed by atoms with Crippen molar-refractivity contribution in [3.05, 3.63) is 59.7 Å². The number of ether oxygens (including phenoxy) is 2. The fourth-order valence-corrected chi connectivity index (χ4v) is 4.51. The van der Waals surface area contributed by atoms with E-state index in [2.05, 4.69) is 40.5 Å². The molecule has 2 aromatic rings. The van der Waals surface area contributed by atoms with Gasteiger partial charge in [-0.25, -0.2) is 0 Å². The molecule has 0 saturated carbocycles. The number of nitrogens with zero attached hydrogens (tertiary/aromatic N) is 1. The van der Waals surface area contributed by atoms with Crippen LogP contribution in [0.3, 0.4) is 0 Å². The summed E-state index contributed by atoms with van der Waals surface area (Å²) < 4.78 is 11.1. The van der Waals surface area contributed by atoms with E-state index < -0.39 is 0 Å². The van der Waals surface area contributed by atoms with Crippen LogP contribution in [-0.4, -0.2) is 50.7 Å². The number of rotatable bonds is 7. The van der Waals surface area contributed by atoms with E-state index in [9.17, 15) is 4.79 Å². The molecule has 1 saturated heterocycles. The van der Waals surface area contributed by atoms with E-state index in [1.807, 2.05) is 18.2 Å². The van der Waals surface area contributed by atoms with E-state index in [1.54, 1.807) is 7.11 Å². The highest BCUT2D eigenvalue weighted by molar-refractivity contribution is 5.79. The molecule has 1 fully saturated rings. The quantitative estimate of drug-likeness (QED) is 0.764. The molecule has 0 radical (unpaired) electrons. The van der Waals surface area contributed by atoms with Crippen LogP contribution in [0.15, 0.2) is 48.5 Å². The maximum atomic E-state index is 12.6. The van der Waals surface area contributed by atoms with Crippen molar-refractivity contribution in [2.75, 3.05) is 39.9 Å². The van der Waals surface area contributed by atoms with Crippen molar-refractivity contribution < 1.29 is 14.3 Å². The first-order valence-electron chi connectivity index (χ1n) is 11.0. The summed E-state index contributed by atoms with van der Waals surface area (Å²) in [5, 5.41) is 3.12. The summed E-state index contributed by atoms with van der Waals surface area (Å²) in [5.41, 5.74) is 2.48. The largest absolute Gasteiger partial charge is 0.497 e. The van der Waals surface area contributed by atoms with Gasteiger partial charge in [-0.2, -0.15) is 0 Å². The highest BCUT2D eigenvalue weighted by atomic mass is 16.5. The minimum Gasteiger partial charge on any atom is -0.497 e. The third kappa shape index (κ3) is 5.33. The minimum absolute atomic E-state index is 0.0856. The maximum absolute atomic E-state index is 12.6. The molecule has 2 aliphatic heterocycles. The molecule has 2 aromatic carbocycles. The Balaban J connectivity index is 1.17. The number of piperidine rings is 1. The Kier molecular flexibility index (Phi) is 6.90. The van der Waals surface area contributed by atoms with Gasteiger partial charge in [-0.05, 0) is 74.0 Å². The summed E-state index contributed by atoms with van der Waals surface area (Å²) in [5.74, 6) is 2.38. The lowest BCUT2D eigenvalue weighted by atomic mass is 9.90. The lowest BCUT2D eigenvalue weighted by Crippen LogP contribution is -2.43. The van der Waals surface area contributed by atoms with Crippen LogP contribution in [0.1, 0.15) is 24.0 Å². The molecule has 2 heterocycles. The van der Waals surface area contributed by atoms with Crippen molar-refractivity contribution in [1.29, 1.82) is 0 Å². The van der Waals surface area contributed by atoms with Crippen LogP contribution in [-0.2, 0) is 17.6 Å². The molecule has 160 valence electrons. The molecule has 0 unspecified atom stereocenters. The Morgan fingerprint density at radius 3 is 2.73 bits per heavy atom. The number of carbonyl (C=O) groups excluding carboxylic acids is 1. The standard InChI is InChI=1S/C25H32N2O3/c1-29-23-7-8-24-21(17-23)16-22(18-30-24)25(28)26-11-14-27-12-9-20(10-13-27)15-19-5-3-2-4-6-19/h2-8,17,20,22H,9-16,18H2,1H3,(H,26,28)/t22-/m0/s1. The SMILES string of the molecule is COc1ccc2c(c1)C[C@H](C(=O)NCCN1CCC(Cc3ccccc3)CC1)CO2. The lowest BCUT2D eigenvalue weighted by molar-refractivity contribution is -0.126. The first-order valence-corrected chi connectivity index (χ1v) is 11.0. The maximum Gasteiger partial charge on any atom is 0.226 e. The molecule has 5 heteroatoms. The third-order valence-corrected chi connectivity index (χ3v) is 6.35. The van der Waals surface area contributed by atoms with E-state index in [-0.39, 0.29) is 11.8 Å². The number of amides is 1. The Morgan fingerprint density at radius 2 is 1.97 bits per heavy atom. The van der Waals surface area contributed by atoms with Crippen LogP contribution in [0.25, 0.3) is 0 Å². The number of likely N-dealkylation sites (tertiary alicyclic amines) is 1. The van der Waals surface area contributed by atoms with Gasteiger partial charge >= 0.3 is 0 Å². The molecule has 30 heavy (non-hydrogen) atoms. The highest BCUT2D eigenvalue weighted by Crippen LogP contribution is 2.30. The molecule has 1 N–H and O–H groups in total. The second-order valence-electron chi connectivity index (χ2n) is 8.45. The molecule has 1 atom stereocenters. The first kappa shape index (κ1) is 20.7. The molecule has 0 aliphatic carbocycles. The van der Waals surface area contributed by atoms with Crippen molar-refractivity contribution in [3.8, 4) is 11.5 Å². The molecule has 0 aromatic heterocycles. The number of hydrogen-bond donors (Lipinski definition) is 1. The number of nitrogens with one attached hydrogen (secondary N) is 1. The van der Waals surface area contributed by atoms with Crippen LogP contribution in [0.4, 0.5) is 0 Å². The van der Waals surface area contributed by atoms with Crippen LogP contribution in [0.2, 0.25) is 0 Å². The number of fused-ring (bicyclic) bond motifs is 1. The van der Waals surface area contributed by atoms with Gasteiger partial charge in [0.1, 0.15) is 18.1 Å². The molecular weight excluding hydrogens is 376 g/mol. The zero-order valence-corrected chi connectivity index (χ0v) is 17.8. The average molecular weight is 409 g/mol. The van der Waals surface area contributed by atoms with Gasteiger partial charge in [0, 0.05) is 13.1 Å². The molecule has 4 rings (SSSR count). The normalized spacial score (nSPS) is 19.6. The van der Waals surface area contributed by atoms with E-state index in [0.29, 0.717) is 19.6 Å². The molecule has 0 spiro atoms. The third-order valence-electron chi connectivity index (χ3n) is 6.35. The van der Waals surface area contributed by atoms with Gasteiger partial charge < -0.3 is 19.7 Å². The molecule has 5 nitrogen and oxygen atoms in total. The van der Waals surface area contributed by atoms with E-state index in [4.69, 9.17) is 9.47 Å².